The van der Waals surface area contributed by atoms with Gasteiger partial charge in [-0.15, -0.1) is 0 Å². The standard InChI is InChI=1S/C26H24ClN3O4S/c1-29-12-4-8-19(24(29)31)17-6-2-5-16(13-17)14-30-15-18-7-3-9-20(23(18)25(30)32)28-26(33)34-22-11-10-21(27)35-22/h2-3,5-6,9-11,13,15,19H,4,7-8,12,14H2,1H3,(H,28,33). The molecule has 0 radical (unpaired) electrons. The van der Waals surface area contributed by atoms with E-state index in [-0.39, 0.29) is 17.7 Å². The van der Waals surface area contributed by atoms with Crippen molar-refractivity contribution >= 4 is 40.8 Å². The maximum atomic E-state index is 13.3. The average molecular weight is 510 g/mol. The molecule has 2 aromatic rings. The van der Waals surface area contributed by atoms with Crippen molar-refractivity contribution in [1.29, 1.82) is 0 Å². The number of ether oxygens (including phenoxy) is 1. The van der Waals surface area contributed by atoms with E-state index in [1.807, 2.05) is 43.6 Å². The molecular formula is C26H24ClN3O4S. The molecule has 5 rings (SSSR count). The first kappa shape index (κ1) is 23.4. The highest BCUT2D eigenvalue weighted by Crippen LogP contribution is 2.34. The molecule has 1 atom stereocenters. The monoisotopic (exact) mass is 509 g/mol. The predicted octanol–water partition coefficient (Wildman–Crippen LogP) is 4.97. The predicted molar refractivity (Wildman–Crippen MR) is 134 cm³/mol. The van der Waals surface area contributed by atoms with Crippen molar-refractivity contribution in [2.45, 2.75) is 31.7 Å². The molecule has 3 amide bonds. The molecule has 7 nitrogen and oxygen atoms in total. The van der Waals surface area contributed by atoms with Crippen LogP contribution in [0.25, 0.3) is 0 Å². The van der Waals surface area contributed by atoms with Gasteiger partial charge in [-0.05, 0) is 54.2 Å². The molecule has 1 fully saturated rings. The molecule has 0 spiro atoms. The first-order valence-electron chi connectivity index (χ1n) is 11.4. The molecule has 1 aromatic heterocycles. The zero-order valence-electron chi connectivity index (χ0n) is 19.1. The number of hydrogen-bond donors (Lipinski definition) is 1. The van der Waals surface area contributed by atoms with Crippen molar-refractivity contribution in [1.82, 2.24) is 15.1 Å². The van der Waals surface area contributed by atoms with Crippen LogP contribution in [0.5, 0.6) is 5.06 Å². The third kappa shape index (κ3) is 4.90. The molecule has 0 bridgehead atoms. The summed E-state index contributed by atoms with van der Waals surface area (Å²) >= 11 is 7.04. The number of likely N-dealkylation sites (N-methyl/N-ethyl adjacent to an activating group) is 1. The Morgan fingerprint density at radius 2 is 2.11 bits per heavy atom. The van der Waals surface area contributed by atoms with E-state index in [4.69, 9.17) is 16.3 Å². The Hall–Kier alpha value is -3.36. The van der Waals surface area contributed by atoms with Gasteiger partial charge in [0, 0.05) is 19.8 Å². The second-order valence-corrected chi connectivity index (χ2v) is 10.4. The highest BCUT2D eigenvalue weighted by atomic mass is 35.5. The lowest BCUT2D eigenvalue weighted by Crippen LogP contribution is -2.37. The molecule has 1 saturated heterocycles. The van der Waals surface area contributed by atoms with Crippen LogP contribution in [0.4, 0.5) is 4.79 Å². The summed E-state index contributed by atoms with van der Waals surface area (Å²) in [6.45, 7) is 1.17. The molecule has 1 unspecified atom stereocenters. The number of carbonyl (C=O) groups excluding carboxylic acids is 3. The average Bonchev–Trinajstić information content (AvgIpc) is 3.38. The van der Waals surface area contributed by atoms with E-state index in [9.17, 15) is 14.4 Å². The van der Waals surface area contributed by atoms with Gasteiger partial charge < -0.3 is 14.5 Å². The molecule has 1 N–H and O–H groups in total. The minimum absolute atomic E-state index is 0.141. The van der Waals surface area contributed by atoms with Crippen LogP contribution in [0.2, 0.25) is 4.34 Å². The zero-order valence-corrected chi connectivity index (χ0v) is 20.7. The number of hydrogen-bond acceptors (Lipinski definition) is 5. The smallest absolute Gasteiger partial charge is 0.399 e. The number of allylic oxidation sites excluding steroid dienone is 2. The molecule has 3 aliphatic rings. The number of fused-ring (bicyclic) bond motifs is 1. The van der Waals surface area contributed by atoms with Gasteiger partial charge in [-0.1, -0.05) is 53.3 Å². The van der Waals surface area contributed by atoms with E-state index in [1.165, 1.54) is 0 Å². The SMILES string of the molecule is CN1CCCC(c2cccc(CN3C=C4CC=CC(NC(=O)Oc5ccc(Cl)s5)=C4C3=O)c2)C1=O. The fraction of sp³-hybridized carbons (Fsp3) is 0.269. The van der Waals surface area contributed by atoms with Gasteiger partial charge in [-0.3, -0.25) is 14.9 Å². The molecule has 1 aliphatic carbocycles. The van der Waals surface area contributed by atoms with Gasteiger partial charge in [0.25, 0.3) is 5.91 Å². The number of benzene rings is 1. The fourth-order valence-corrected chi connectivity index (χ4v) is 5.54. The summed E-state index contributed by atoms with van der Waals surface area (Å²) in [6.07, 6.45) is 7.18. The zero-order chi connectivity index (χ0) is 24.5. The number of thiophene rings is 1. The van der Waals surface area contributed by atoms with Crippen molar-refractivity contribution in [3.63, 3.8) is 0 Å². The van der Waals surface area contributed by atoms with Crippen LogP contribution < -0.4 is 10.1 Å². The summed E-state index contributed by atoms with van der Waals surface area (Å²) in [4.78, 5) is 41.7. The van der Waals surface area contributed by atoms with Crippen molar-refractivity contribution in [2.24, 2.45) is 0 Å². The van der Waals surface area contributed by atoms with Gasteiger partial charge in [-0.2, -0.15) is 0 Å². The van der Waals surface area contributed by atoms with E-state index in [0.29, 0.717) is 33.6 Å². The van der Waals surface area contributed by atoms with Crippen molar-refractivity contribution in [2.75, 3.05) is 13.6 Å². The number of likely N-dealkylation sites (tertiary alicyclic amines) is 1. The van der Waals surface area contributed by atoms with Crippen molar-refractivity contribution < 1.29 is 19.1 Å². The molecule has 0 saturated carbocycles. The number of piperidine rings is 1. The Bertz CT molecular complexity index is 1300. The highest BCUT2D eigenvalue weighted by Gasteiger charge is 2.33. The fourth-order valence-electron chi connectivity index (χ4n) is 4.67. The Labute approximate surface area is 212 Å². The summed E-state index contributed by atoms with van der Waals surface area (Å²) in [5.74, 6) is -0.184. The van der Waals surface area contributed by atoms with Gasteiger partial charge in [0.15, 0.2) is 5.06 Å². The van der Waals surface area contributed by atoms with Crippen molar-refractivity contribution in [3.05, 3.63) is 87.1 Å². The molecule has 35 heavy (non-hydrogen) atoms. The Kier molecular flexibility index (Phi) is 6.49. The van der Waals surface area contributed by atoms with Gasteiger partial charge in [0.2, 0.25) is 5.91 Å². The number of amides is 3. The summed E-state index contributed by atoms with van der Waals surface area (Å²) in [6, 6.07) is 11.2. The van der Waals surface area contributed by atoms with Crippen LogP contribution in [-0.4, -0.2) is 41.3 Å². The third-order valence-corrected chi connectivity index (χ3v) is 7.45. The van der Waals surface area contributed by atoms with Crippen LogP contribution in [0.3, 0.4) is 0 Å². The Morgan fingerprint density at radius 3 is 2.91 bits per heavy atom. The Balaban J connectivity index is 1.31. The summed E-state index contributed by atoms with van der Waals surface area (Å²) in [7, 11) is 1.84. The van der Waals surface area contributed by atoms with Crippen LogP contribution in [0.15, 0.2) is 71.6 Å². The lowest BCUT2D eigenvalue weighted by Gasteiger charge is -2.29. The molecule has 1 aromatic carbocycles. The van der Waals surface area contributed by atoms with Crippen LogP contribution >= 0.6 is 22.9 Å². The van der Waals surface area contributed by atoms with Crippen LogP contribution in [0.1, 0.15) is 36.3 Å². The lowest BCUT2D eigenvalue weighted by atomic mass is 9.89. The summed E-state index contributed by atoms with van der Waals surface area (Å²) in [5, 5.41) is 3.06. The molecule has 3 heterocycles. The van der Waals surface area contributed by atoms with Gasteiger partial charge in [0.1, 0.15) is 0 Å². The first-order valence-corrected chi connectivity index (χ1v) is 12.6. The first-order chi connectivity index (χ1) is 16.9. The number of nitrogens with one attached hydrogen (secondary N) is 1. The molecular weight excluding hydrogens is 486 g/mol. The maximum Gasteiger partial charge on any atom is 0.417 e. The van der Waals surface area contributed by atoms with E-state index in [2.05, 4.69) is 5.32 Å². The van der Waals surface area contributed by atoms with Crippen LogP contribution in [-0.2, 0) is 16.1 Å². The Morgan fingerprint density at radius 1 is 1.26 bits per heavy atom. The van der Waals surface area contributed by atoms with Crippen LogP contribution in [0, 0.1) is 0 Å². The molecule has 2 aliphatic heterocycles. The molecule has 180 valence electrons. The van der Waals surface area contributed by atoms with Crippen molar-refractivity contribution in [3.8, 4) is 5.06 Å². The highest BCUT2D eigenvalue weighted by molar-refractivity contribution is 7.17. The number of carbonyl (C=O) groups is 3. The largest absolute Gasteiger partial charge is 0.417 e. The number of nitrogens with zero attached hydrogens (tertiary/aromatic N) is 2. The topological polar surface area (TPSA) is 79.0 Å². The minimum atomic E-state index is -0.682. The summed E-state index contributed by atoms with van der Waals surface area (Å²) in [5.41, 5.74) is 3.65. The summed E-state index contributed by atoms with van der Waals surface area (Å²) < 4.78 is 5.79. The minimum Gasteiger partial charge on any atom is -0.399 e. The quantitative estimate of drug-likeness (QED) is 0.617. The van der Waals surface area contributed by atoms with E-state index in [0.717, 1.165) is 47.4 Å². The van der Waals surface area contributed by atoms with Gasteiger partial charge >= 0.3 is 6.09 Å². The normalized spacial score (nSPS) is 19.7. The third-order valence-electron chi connectivity index (χ3n) is 6.34. The molecule has 9 heteroatoms. The second-order valence-electron chi connectivity index (χ2n) is 8.76. The van der Waals surface area contributed by atoms with E-state index >= 15 is 0 Å². The van der Waals surface area contributed by atoms with Gasteiger partial charge in [0.05, 0.1) is 28.1 Å². The number of halogens is 1. The maximum absolute atomic E-state index is 13.3. The van der Waals surface area contributed by atoms with E-state index in [1.54, 1.807) is 28.0 Å². The second kappa shape index (κ2) is 9.71. The number of rotatable bonds is 5. The lowest BCUT2D eigenvalue weighted by molar-refractivity contribution is -0.133. The van der Waals surface area contributed by atoms with Gasteiger partial charge in [-0.25, -0.2) is 4.79 Å². The van der Waals surface area contributed by atoms with E-state index < -0.39 is 6.09 Å².